The Morgan fingerprint density at radius 3 is 2.48 bits per heavy atom. The van der Waals surface area contributed by atoms with Gasteiger partial charge >= 0.3 is 0 Å². The maximum atomic E-state index is 12.3. The molecule has 5 nitrogen and oxygen atoms in total. The van der Waals surface area contributed by atoms with Crippen molar-refractivity contribution >= 4 is 12.2 Å². The normalized spacial score (nSPS) is 12.1. The Kier molecular flexibility index (Phi) is 7.47. The van der Waals surface area contributed by atoms with E-state index in [0.717, 1.165) is 30.9 Å². The van der Waals surface area contributed by atoms with Crippen LogP contribution in [-0.4, -0.2) is 19.5 Å². The average molecular weight is 409 g/mol. The maximum Gasteiger partial charge on any atom is 0.255 e. The highest BCUT2D eigenvalue weighted by Crippen LogP contribution is 2.15. The summed E-state index contributed by atoms with van der Waals surface area (Å²) in [7, 11) is 0. The monoisotopic (exact) mass is 408 g/mol. The summed E-state index contributed by atoms with van der Waals surface area (Å²) in [5.41, 5.74) is 4.06. The molecule has 3 rings (SSSR count). The van der Waals surface area contributed by atoms with Crippen LogP contribution in [-0.2, 0) is 25.8 Å². The lowest BCUT2D eigenvalue weighted by molar-refractivity contribution is 0.522. The van der Waals surface area contributed by atoms with Gasteiger partial charge in [0.25, 0.3) is 5.56 Å². The Morgan fingerprint density at radius 2 is 1.79 bits per heavy atom. The topological polar surface area (TPSA) is 63.6 Å². The molecule has 0 aliphatic heterocycles. The van der Waals surface area contributed by atoms with Crippen LogP contribution in [0.2, 0.25) is 0 Å². The molecule has 0 bridgehead atoms. The minimum atomic E-state index is -0.152. The zero-order chi connectivity index (χ0) is 20.6. The Labute approximate surface area is 176 Å². The summed E-state index contributed by atoms with van der Waals surface area (Å²) in [6, 6.07) is 8.86. The van der Waals surface area contributed by atoms with E-state index >= 15 is 0 Å². The van der Waals surface area contributed by atoms with Crippen molar-refractivity contribution in [3.8, 4) is 0 Å². The van der Waals surface area contributed by atoms with Crippen LogP contribution in [0.25, 0.3) is 0 Å². The number of aromatic nitrogens is 4. The van der Waals surface area contributed by atoms with E-state index in [4.69, 9.17) is 12.2 Å². The third kappa shape index (κ3) is 6.19. The Morgan fingerprint density at radius 1 is 1.10 bits per heavy atom. The summed E-state index contributed by atoms with van der Waals surface area (Å²) in [6.07, 6.45) is 11.8. The van der Waals surface area contributed by atoms with E-state index in [9.17, 15) is 4.79 Å². The first-order valence-corrected chi connectivity index (χ1v) is 10.6. The van der Waals surface area contributed by atoms with Gasteiger partial charge in [-0.3, -0.25) is 9.78 Å². The molecule has 0 saturated carbocycles. The van der Waals surface area contributed by atoms with Crippen molar-refractivity contribution in [2.45, 2.75) is 52.5 Å². The van der Waals surface area contributed by atoms with Gasteiger partial charge < -0.3 is 4.57 Å². The van der Waals surface area contributed by atoms with E-state index < -0.39 is 0 Å². The fourth-order valence-electron chi connectivity index (χ4n) is 3.58. The number of hydrogen-bond donors (Lipinski definition) is 1. The first kappa shape index (κ1) is 21.1. The SMILES string of the molecule is CCCC(C)Cc1ccc(CCn2cc(Cc3cncnc3)c(=O)[nH]c2=S)cc1. The molecule has 0 aliphatic rings. The van der Waals surface area contributed by atoms with Crippen molar-refractivity contribution in [2.24, 2.45) is 5.92 Å². The van der Waals surface area contributed by atoms with Gasteiger partial charge in [-0.25, -0.2) is 9.97 Å². The lowest BCUT2D eigenvalue weighted by atomic mass is 9.96. The summed E-state index contributed by atoms with van der Waals surface area (Å²) in [5, 5.41) is 0. The molecule has 0 aliphatic carbocycles. The molecule has 0 saturated heterocycles. The van der Waals surface area contributed by atoms with Crippen LogP contribution < -0.4 is 5.56 Å². The molecule has 1 N–H and O–H groups in total. The number of hydrogen-bond acceptors (Lipinski definition) is 4. The second kappa shape index (κ2) is 10.3. The van der Waals surface area contributed by atoms with Gasteiger partial charge in [0.05, 0.1) is 0 Å². The highest BCUT2D eigenvalue weighted by molar-refractivity contribution is 7.71. The third-order valence-corrected chi connectivity index (χ3v) is 5.46. The number of benzene rings is 1. The van der Waals surface area contributed by atoms with Crippen LogP contribution in [0.4, 0.5) is 0 Å². The summed E-state index contributed by atoms with van der Waals surface area (Å²) in [4.78, 5) is 23.1. The van der Waals surface area contributed by atoms with Gasteiger partial charge in [-0.15, -0.1) is 0 Å². The van der Waals surface area contributed by atoms with Crippen molar-refractivity contribution in [3.63, 3.8) is 0 Å². The molecule has 3 aromatic rings. The molecule has 1 unspecified atom stereocenters. The van der Waals surface area contributed by atoms with E-state index in [0.29, 0.717) is 16.8 Å². The maximum absolute atomic E-state index is 12.3. The number of nitrogens with zero attached hydrogens (tertiary/aromatic N) is 3. The van der Waals surface area contributed by atoms with Gasteiger partial charge in [-0.1, -0.05) is 51.0 Å². The number of nitrogens with one attached hydrogen (secondary N) is 1. The zero-order valence-electron chi connectivity index (χ0n) is 17.1. The Bertz CT molecular complexity index is 1030. The van der Waals surface area contributed by atoms with Crippen LogP contribution in [0, 0.1) is 10.7 Å². The number of rotatable bonds is 9. The average Bonchev–Trinajstić information content (AvgIpc) is 2.71. The van der Waals surface area contributed by atoms with Crippen LogP contribution in [0.3, 0.4) is 0 Å². The largest absolute Gasteiger partial charge is 0.325 e. The van der Waals surface area contributed by atoms with Gasteiger partial charge in [0.1, 0.15) is 6.33 Å². The van der Waals surface area contributed by atoms with E-state index in [1.54, 1.807) is 12.4 Å². The smallest absolute Gasteiger partial charge is 0.255 e. The highest BCUT2D eigenvalue weighted by Gasteiger charge is 2.06. The Hall–Kier alpha value is -2.60. The van der Waals surface area contributed by atoms with E-state index in [-0.39, 0.29) is 5.56 Å². The highest BCUT2D eigenvalue weighted by atomic mass is 32.1. The molecule has 29 heavy (non-hydrogen) atoms. The summed E-state index contributed by atoms with van der Waals surface area (Å²) < 4.78 is 2.39. The van der Waals surface area contributed by atoms with Gasteiger partial charge in [-0.2, -0.15) is 0 Å². The second-order valence-electron chi connectivity index (χ2n) is 7.69. The molecule has 1 atom stereocenters. The van der Waals surface area contributed by atoms with E-state index in [1.165, 1.54) is 30.3 Å². The van der Waals surface area contributed by atoms with Gasteiger partial charge in [0.15, 0.2) is 4.77 Å². The van der Waals surface area contributed by atoms with E-state index in [1.807, 2.05) is 10.8 Å². The van der Waals surface area contributed by atoms with Gasteiger partial charge in [0.2, 0.25) is 0 Å². The number of aryl methyl sites for hydroxylation is 2. The van der Waals surface area contributed by atoms with Crippen LogP contribution in [0.5, 0.6) is 0 Å². The lowest BCUT2D eigenvalue weighted by Crippen LogP contribution is -2.19. The molecule has 6 heteroatoms. The molecule has 2 aromatic heterocycles. The van der Waals surface area contributed by atoms with Crippen molar-refractivity contribution in [1.82, 2.24) is 19.5 Å². The second-order valence-corrected chi connectivity index (χ2v) is 8.08. The summed E-state index contributed by atoms with van der Waals surface area (Å²) in [5.74, 6) is 0.721. The fourth-order valence-corrected chi connectivity index (χ4v) is 3.81. The Balaban J connectivity index is 1.66. The first-order valence-electron chi connectivity index (χ1n) is 10.2. The molecule has 1 aromatic carbocycles. The van der Waals surface area contributed by atoms with E-state index in [2.05, 4.69) is 53.1 Å². The molecule has 0 spiro atoms. The minimum Gasteiger partial charge on any atom is -0.325 e. The minimum absolute atomic E-state index is 0.152. The molecule has 152 valence electrons. The van der Waals surface area contributed by atoms with Crippen LogP contribution in [0.15, 0.2) is 54.0 Å². The van der Waals surface area contributed by atoms with Gasteiger partial charge in [-0.05, 0) is 47.7 Å². The number of H-pyrrole nitrogens is 1. The standard InChI is InChI=1S/C23H28N4OS/c1-3-4-17(2)11-19-7-5-18(6-8-19)9-10-27-15-21(22(28)26-23(27)29)12-20-13-24-16-25-14-20/h5-8,13-17H,3-4,9-12H2,1-2H3,(H,26,28,29). The van der Waals surface area contributed by atoms with Crippen molar-refractivity contribution in [3.05, 3.63) is 86.6 Å². The molecular formula is C23H28N4OS. The third-order valence-electron chi connectivity index (χ3n) is 5.12. The molecule has 2 heterocycles. The van der Waals surface area contributed by atoms with Crippen molar-refractivity contribution in [1.29, 1.82) is 0 Å². The zero-order valence-corrected chi connectivity index (χ0v) is 17.9. The number of aromatic amines is 1. The predicted molar refractivity (Wildman–Crippen MR) is 119 cm³/mol. The first-order chi connectivity index (χ1) is 14.0. The molecule has 0 amide bonds. The molecule has 0 fully saturated rings. The van der Waals surface area contributed by atoms with Crippen molar-refractivity contribution < 1.29 is 0 Å². The lowest BCUT2D eigenvalue weighted by Gasteiger charge is -2.12. The van der Waals surface area contributed by atoms with Crippen LogP contribution >= 0.6 is 12.2 Å². The quantitative estimate of drug-likeness (QED) is 0.529. The fraction of sp³-hybridized carbons (Fsp3) is 0.391. The summed E-state index contributed by atoms with van der Waals surface area (Å²) >= 11 is 5.35. The predicted octanol–water partition coefficient (Wildman–Crippen LogP) is 4.51. The molecular weight excluding hydrogens is 380 g/mol. The summed E-state index contributed by atoms with van der Waals surface area (Å²) in [6.45, 7) is 5.27. The van der Waals surface area contributed by atoms with Crippen molar-refractivity contribution in [2.75, 3.05) is 0 Å². The van der Waals surface area contributed by atoms with Gasteiger partial charge in [0, 0.05) is 37.1 Å². The molecule has 0 radical (unpaired) electrons. The van der Waals surface area contributed by atoms with Crippen LogP contribution in [0.1, 0.15) is 48.9 Å².